The van der Waals surface area contributed by atoms with Gasteiger partial charge in [0.25, 0.3) is 5.91 Å². The van der Waals surface area contributed by atoms with Gasteiger partial charge in [0.2, 0.25) is 27.7 Å². The van der Waals surface area contributed by atoms with Crippen LogP contribution in [0.3, 0.4) is 0 Å². The number of hydrogen-bond acceptors (Lipinski definition) is 9. The number of carboxylic acid groups (broad SMARTS) is 1. The molecule has 4 aliphatic rings. The molecule has 7 atom stereocenters. The third kappa shape index (κ3) is 8.40. The van der Waals surface area contributed by atoms with Crippen molar-refractivity contribution < 1.29 is 55.3 Å². The summed E-state index contributed by atoms with van der Waals surface area (Å²) in [5.41, 5.74) is -4.77. The van der Waals surface area contributed by atoms with Crippen LogP contribution in [-0.2, 0) is 24.4 Å². The van der Waals surface area contributed by atoms with Crippen LogP contribution in [0.5, 0.6) is 11.6 Å². The van der Waals surface area contributed by atoms with Crippen LogP contribution >= 0.6 is 11.6 Å². The Morgan fingerprint density at radius 1 is 1.19 bits per heavy atom. The van der Waals surface area contributed by atoms with Crippen molar-refractivity contribution in [1.29, 1.82) is 0 Å². The molecule has 0 spiro atoms. The van der Waals surface area contributed by atoms with E-state index in [4.69, 9.17) is 21.1 Å². The summed E-state index contributed by atoms with van der Waals surface area (Å²) >= 11 is 6.44. The highest BCUT2D eigenvalue weighted by atomic mass is 35.5. The lowest BCUT2D eigenvalue weighted by Gasteiger charge is -2.46. The third-order valence-electron chi connectivity index (χ3n) is 12.6. The summed E-state index contributed by atoms with van der Waals surface area (Å²) in [5, 5.41) is 14.6. The van der Waals surface area contributed by atoms with Crippen molar-refractivity contribution in [3.8, 4) is 11.6 Å². The zero-order chi connectivity index (χ0) is 43.5. The Labute approximate surface area is 346 Å². The van der Waals surface area contributed by atoms with Crippen LogP contribution in [0.4, 0.5) is 18.0 Å². The van der Waals surface area contributed by atoms with Gasteiger partial charge < -0.3 is 24.8 Å². The van der Waals surface area contributed by atoms with E-state index in [-0.39, 0.29) is 53.9 Å². The first-order valence-electron chi connectivity index (χ1n) is 19.7. The number of sulfonamides is 1. The number of methoxy groups -OCH3 is 1. The molecule has 2 aliphatic heterocycles. The van der Waals surface area contributed by atoms with E-state index in [0.717, 1.165) is 4.90 Å². The topological polar surface area (TPSA) is 185 Å². The summed E-state index contributed by atoms with van der Waals surface area (Å²) < 4.78 is 83.5. The molecule has 3 fully saturated rings. The number of aromatic nitrogens is 1. The number of nitrogens with one attached hydrogen (secondary N) is 2. The molecular weight excluding hydrogens is 819 g/mol. The van der Waals surface area contributed by atoms with Gasteiger partial charge in [-0.15, -0.1) is 0 Å². The predicted octanol–water partition coefficient (Wildman–Crippen LogP) is 6.21. The van der Waals surface area contributed by atoms with Gasteiger partial charge in [-0.3, -0.25) is 24.0 Å². The normalized spacial score (nSPS) is 29.2. The Kier molecular flexibility index (Phi) is 12.0. The van der Waals surface area contributed by atoms with Crippen LogP contribution < -0.4 is 19.5 Å². The lowest BCUT2D eigenvalue weighted by Crippen LogP contribution is -2.66. The zero-order valence-electron chi connectivity index (χ0n) is 33.8. The van der Waals surface area contributed by atoms with Gasteiger partial charge in [-0.25, -0.2) is 18.2 Å². The maximum absolute atomic E-state index is 15.1. The highest BCUT2D eigenvalue weighted by Crippen LogP contribution is 2.48. The van der Waals surface area contributed by atoms with E-state index < -0.39 is 85.9 Å². The molecule has 2 aromatic rings. The van der Waals surface area contributed by atoms with Crippen molar-refractivity contribution in [3.63, 3.8) is 0 Å². The number of amides is 4. The molecule has 1 aromatic carbocycles. The van der Waals surface area contributed by atoms with Crippen molar-refractivity contribution in [1.82, 2.24) is 24.8 Å². The molecule has 3 heterocycles. The van der Waals surface area contributed by atoms with Gasteiger partial charge in [-0.05, 0) is 94.7 Å². The lowest BCUT2D eigenvalue weighted by atomic mass is 9.82. The van der Waals surface area contributed by atoms with Crippen LogP contribution in [0.1, 0.15) is 86.0 Å². The van der Waals surface area contributed by atoms with Crippen LogP contribution in [0.15, 0.2) is 36.5 Å². The quantitative estimate of drug-likeness (QED) is 0.245. The van der Waals surface area contributed by atoms with Crippen LogP contribution in [0.2, 0.25) is 5.02 Å². The van der Waals surface area contributed by atoms with Crippen molar-refractivity contribution in [3.05, 3.63) is 41.6 Å². The number of rotatable bonds is 9. The number of benzene rings is 1. The van der Waals surface area contributed by atoms with E-state index in [0.29, 0.717) is 56.1 Å². The first-order chi connectivity index (χ1) is 27.5. The SMILES string of the molecule is CC[C@@H]1C[C@H](C)CC/C=C\[C@@H]2C[C@@]2(C(=O)NS(=O)(=O)C2(C)CC2)NC(=O)[C@@H]2C[C@@H](Oc3nccc4cc(OC)c(Cl)cc34)CN2C(=O)[C@H]1N(C(=O)O)C(C)(C)C(F)(F)F. The average Bonchev–Trinajstić information content (AvgIpc) is 4.03. The first kappa shape index (κ1) is 44.2. The second-order valence-electron chi connectivity index (χ2n) is 17.1. The van der Waals surface area contributed by atoms with Gasteiger partial charge in [0.15, 0.2) is 0 Å². The second kappa shape index (κ2) is 15.9. The smallest absolute Gasteiger partial charge is 0.411 e. The molecule has 2 saturated carbocycles. The van der Waals surface area contributed by atoms with Gasteiger partial charge in [0.1, 0.15) is 35.0 Å². The first-order valence-corrected chi connectivity index (χ1v) is 21.6. The standard InChI is InChI=1S/C40H51ClF3N5O9S/c1-7-23-16-22(2)10-8-9-11-25-20-39(25,35(52)47-59(55,56)38(5)13-14-38)46-32(50)29-18-26(58-33-27-19-28(41)30(57-6)17-24(27)12-15-45-33)21-48(29)34(51)31(23)49(36(53)54)37(3,4)40(42,43)44/h9,11-12,15,17,19,22-23,25-26,29,31H,7-8,10,13-14,16,18,20-21H2,1-6H3,(H,46,50)(H,47,52)(H,53,54)/b11-9-/t22-,23-,25-,26-,29+,31+,39-/m1/s1. The molecule has 19 heteroatoms. The number of alkyl halides is 3. The lowest BCUT2D eigenvalue weighted by molar-refractivity contribution is -0.222. The molecule has 1 saturated heterocycles. The average molecular weight is 870 g/mol. The summed E-state index contributed by atoms with van der Waals surface area (Å²) in [6.45, 7) is 6.06. The van der Waals surface area contributed by atoms with Crippen molar-refractivity contribution in [2.75, 3.05) is 13.7 Å². The minimum atomic E-state index is -5.10. The molecular formula is C40H51ClF3N5O9S. The number of fused-ring (bicyclic) bond motifs is 3. The van der Waals surface area contributed by atoms with Crippen LogP contribution in [0.25, 0.3) is 10.8 Å². The number of halogens is 4. The van der Waals surface area contributed by atoms with Crippen LogP contribution in [-0.4, -0.2) is 106 Å². The molecule has 3 N–H and O–H groups in total. The molecule has 0 unspecified atom stereocenters. The van der Waals surface area contributed by atoms with E-state index in [2.05, 4.69) is 15.0 Å². The predicted molar refractivity (Wildman–Crippen MR) is 211 cm³/mol. The Hall–Kier alpha value is -4.32. The maximum atomic E-state index is 15.1. The van der Waals surface area contributed by atoms with Crippen LogP contribution in [0, 0.1) is 17.8 Å². The largest absolute Gasteiger partial charge is 0.495 e. The van der Waals surface area contributed by atoms with E-state index in [1.807, 2.05) is 13.0 Å². The molecule has 14 nitrogen and oxygen atoms in total. The second-order valence-corrected chi connectivity index (χ2v) is 19.7. The molecule has 2 aliphatic carbocycles. The van der Waals surface area contributed by atoms with Gasteiger partial charge >= 0.3 is 12.3 Å². The number of pyridine rings is 1. The molecule has 6 rings (SSSR count). The Morgan fingerprint density at radius 2 is 1.88 bits per heavy atom. The van der Waals surface area contributed by atoms with Crippen molar-refractivity contribution in [2.45, 2.75) is 126 Å². The summed E-state index contributed by atoms with van der Waals surface area (Å²) in [6.07, 6.45) is -1.32. The Morgan fingerprint density at radius 3 is 2.49 bits per heavy atom. The Bertz CT molecular complexity index is 2150. The molecule has 324 valence electrons. The molecule has 4 amide bonds. The minimum Gasteiger partial charge on any atom is -0.495 e. The van der Waals surface area contributed by atoms with Gasteiger partial charge in [0, 0.05) is 23.9 Å². The van der Waals surface area contributed by atoms with E-state index in [1.165, 1.54) is 20.2 Å². The fourth-order valence-electron chi connectivity index (χ4n) is 8.33. The fraction of sp³-hybridized carbons (Fsp3) is 0.625. The molecule has 59 heavy (non-hydrogen) atoms. The Balaban J connectivity index is 1.44. The summed E-state index contributed by atoms with van der Waals surface area (Å²) in [7, 11) is -2.68. The fourth-order valence-corrected chi connectivity index (χ4v) is 9.88. The minimum absolute atomic E-state index is 0.0424. The monoisotopic (exact) mass is 869 g/mol. The molecule has 1 aromatic heterocycles. The number of carbonyl (C=O) groups excluding carboxylic acids is 3. The number of nitrogens with zero attached hydrogens (tertiary/aromatic N) is 3. The van der Waals surface area contributed by atoms with E-state index in [1.54, 1.807) is 31.2 Å². The number of hydrogen-bond donors (Lipinski definition) is 3. The van der Waals surface area contributed by atoms with Gasteiger partial charge in [-0.1, -0.05) is 44.0 Å². The molecule has 0 bridgehead atoms. The van der Waals surface area contributed by atoms with Gasteiger partial charge in [-0.2, -0.15) is 13.2 Å². The summed E-state index contributed by atoms with van der Waals surface area (Å²) in [6, 6.07) is 1.52. The van der Waals surface area contributed by atoms with E-state index in [9.17, 15) is 41.1 Å². The number of carbonyl (C=O) groups is 4. The highest BCUT2D eigenvalue weighted by Gasteiger charge is 2.64. The third-order valence-corrected chi connectivity index (χ3v) is 15.1. The molecule has 0 radical (unpaired) electrons. The number of allylic oxidation sites excluding steroid dienone is 1. The summed E-state index contributed by atoms with van der Waals surface area (Å²) in [4.78, 5) is 62.3. The number of ether oxygens (including phenoxy) is 2. The highest BCUT2D eigenvalue weighted by molar-refractivity contribution is 7.91. The zero-order valence-corrected chi connectivity index (χ0v) is 35.3. The van der Waals surface area contributed by atoms with Gasteiger partial charge in [0.05, 0.1) is 23.4 Å². The maximum Gasteiger partial charge on any atom is 0.411 e. The van der Waals surface area contributed by atoms with Crippen molar-refractivity contribution >= 4 is 56.2 Å². The van der Waals surface area contributed by atoms with E-state index >= 15 is 4.79 Å². The van der Waals surface area contributed by atoms with Crippen molar-refractivity contribution in [2.24, 2.45) is 17.8 Å². The summed E-state index contributed by atoms with van der Waals surface area (Å²) in [5.74, 6) is -4.16.